The van der Waals surface area contributed by atoms with E-state index in [0.29, 0.717) is 5.82 Å². The molecule has 1 aromatic rings. The Kier molecular flexibility index (Phi) is 4.65. The van der Waals surface area contributed by atoms with Gasteiger partial charge in [-0.2, -0.15) is 0 Å². The van der Waals surface area contributed by atoms with Gasteiger partial charge in [0.05, 0.1) is 0 Å². The van der Waals surface area contributed by atoms with Crippen molar-refractivity contribution >= 4 is 25.2 Å². The average Bonchev–Trinajstić information content (AvgIpc) is 2.15. The van der Waals surface area contributed by atoms with E-state index in [1.165, 1.54) is 0 Å². The Hall–Kier alpha value is -0.841. The van der Waals surface area contributed by atoms with Gasteiger partial charge in [-0.1, -0.05) is 0 Å². The molecule has 0 spiro atoms. The first-order valence-electron chi connectivity index (χ1n) is 4.29. The van der Waals surface area contributed by atoms with E-state index in [1.54, 1.807) is 6.20 Å². The van der Waals surface area contributed by atoms with Crippen LogP contribution < -0.4 is 15.9 Å². The SMILES string of the molecule is CCOCC[Se]c1cnc(=O)[nH]c1N. The predicted octanol–water partition coefficient (Wildman–Crippen LogP) is -0.864. The summed E-state index contributed by atoms with van der Waals surface area (Å²) in [6.45, 7) is 3.42. The number of aromatic amines is 1. The van der Waals surface area contributed by atoms with Crippen molar-refractivity contribution in [2.24, 2.45) is 0 Å². The number of nitrogens with zero attached hydrogens (tertiary/aromatic N) is 1. The summed E-state index contributed by atoms with van der Waals surface area (Å²) in [6, 6.07) is 0. The summed E-state index contributed by atoms with van der Waals surface area (Å²) in [7, 11) is 0. The van der Waals surface area contributed by atoms with Gasteiger partial charge in [-0.3, -0.25) is 0 Å². The quantitative estimate of drug-likeness (QED) is 0.534. The molecule has 5 nitrogen and oxygen atoms in total. The normalized spacial score (nSPS) is 10.4. The van der Waals surface area contributed by atoms with Gasteiger partial charge in [-0.25, -0.2) is 0 Å². The summed E-state index contributed by atoms with van der Waals surface area (Å²) in [5.74, 6) is 0.432. The van der Waals surface area contributed by atoms with E-state index in [4.69, 9.17) is 10.5 Å². The molecule has 0 unspecified atom stereocenters. The zero-order chi connectivity index (χ0) is 10.4. The van der Waals surface area contributed by atoms with Crippen LogP contribution in [-0.4, -0.2) is 38.1 Å². The van der Waals surface area contributed by atoms with E-state index >= 15 is 0 Å². The van der Waals surface area contributed by atoms with E-state index in [1.807, 2.05) is 6.92 Å². The van der Waals surface area contributed by atoms with Crippen LogP contribution in [0.25, 0.3) is 0 Å². The predicted molar refractivity (Wildman–Crippen MR) is 56.0 cm³/mol. The first kappa shape index (κ1) is 11.2. The Labute approximate surface area is 88.2 Å². The molecule has 0 aliphatic heterocycles. The molecule has 78 valence electrons. The number of H-pyrrole nitrogens is 1. The van der Waals surface area contributed by atoms with E-state index in [-0.39, 0.29) is 15.0 Å². The first-order chi connectivity index (χ1) is 6.74. The Balaban J connectivity index is 2.46. The molecule has 0 fully saturated rings. The standard InChI is InChI=1S/C8H13N3O2Se/c1-2-13-3-4-14-6-5-10-8(12)11-7(6)9/h5H,2-4H2,1H3,(H3,9,10,11,12). The molecule has 0 aromatic carbocycles. The fourth-order valence-electron chi connectivity index (χ4n) is 0.866. The molecule has 14 heavy (non-hydrogen) atoms. The summed E-state index contributed by atoms with van der Waals surface area (Å²) < 4.78 is 6.13. The van der Waals surface area contributed by atoms with Crippen molar-refractivity contribution in [1.82, 2.24) is 9.97 Å². The Bertz CT molecular complexity index is 340. The summed E-state index contributed by atoms with van der Waals surface area (Å²) in [4.78, 5) is 16.8. The molecular weight excluding hydrogens is 249 g/mol. The molecule has 0 amide bonds. The van der Waals surface area contributed by atoms with Crippen molar-refractivity contribution in [3.63, 3.8) is 0 Å². The van der Waals surface area contributed by atoms with Crippen LogP contribution in [0.4, 0.5) is 5.82 Å². The molecule has 0 atom stereocenters. The number of hydrogen-bond donors (Lipinski definition) is 2. The molecule has 1 heterocycles. The molecule has 1 aromatic heterocycles. The van der Waals surface area contributed by atoms with Crippen molar-refractivity contribution < 1.29 is 4.74 Å². The molecular formula is C8H13N3O2Se. The number of rotatable bonds is 5. The third-order valence-electron chi connectivity index (χ3n) is 1.50. The molecule has 0 radical (unpaired) electrons. The van der Waals surface area contributed by atoms with Crippen LogP contribution in [-0.2, 0) is 4.74 Å². The molecule has 1 rings (SSSR count). The Morgan fingerprint density at radius 2 is 2.50 bits per heavy atom. The van der Waals surface area contributed by atoms with Gasteiger partial charge in [0.2, 0.25) is 0 Å². The molecule has 6 heteroatoms. The third kappa shape index (κ3) is 3.49. The zero-order valence-corrected chi connectivity index (χ0v) is 9.66. The van der Waals surface area contributed by atoms with Crippen LogP contribution in [0.1, 0.15) is 6.92 Å². The van der Waals surface area contributed by atoms with Crippen molar-refractivity contribution in [2.75, 3.05) is 18.9 Å². The second kappa shape index (κ2) is 5.80. The number of aromatic nitrogens is 2. The monoisotopic (exact) mass is 263 g/mol. The van der Waals surface area contributed by atoms with Gasteiger partial charge in [-0.05, 0) is 0 Å². The van der Waals surface area contributed by atoms with Gasteiger partial charge in [0.1, 0.15) is 0 Å². The average molecular weight is 262 g/mol. The van der Waals surface area contributed by atoms with Gasteiger partial charge in [-0.15, -0.1) is 0 Å². The maximum atomic E-state index is 10.8. The van der Waals surface area contributed by atoms with Crippen LogP contribution in [0.3, 0.4) is 0 Å². The molecule has 0 bridgehead atoms. The second-order valence-corrected chi connectivity index (χ2v) is 4.90. The van der Waals surface area contributed by atoms with Gasteiger partial charge < -0.3 is 0 Å². The van der Waals surface area contributed by atoms with E-state index in [2.05, 4.69) is 9.97 Å². The number of nitrogens with one attached hydrogen (secondary N) is 1. The van der Waals surface area contributed by atoms with Crippen LogP contribution in [0, 0.1) is 0 Å². The number of nitrogens with two attached hydrogens (primary N) is 1. The first-order valence-corrected chi connectivity index (χ1v) is 6.36. The molecule has 0 saturated heterocycles. The van der Waals surface area contributed by atoms with E-state index in [9.17, 15) is 4.79 Å². The summed E-state index contributed by atoms with van der Waals surface area (Å²) in [5, 5.41) is 0.943. The Morgan fingerprint density at radius 3 is 3.14 bits per heavy atom. The fourth-order valence-corrected chi connectivity index (χ4v) is 2.45. The Morgan fingerprint density at radius 1 is 1.71 bits per heavy atom. The summed E-state index contributed by atoms with van der Waals surface area (Å²) in [5.41, 5.74) is 5.22. The molecule has 0 saturated carbocycles. The number of ether oxygens (including phenoxy) is 1. The number of anilines is 1. The van der Waals surface area contributed by atoms with Gasteiger partial charge in [0.15, 0.2) is 0 Å². The van der Waals surface area contributed by atoms with Crippen molar-refractivity contribution in [3.8, 4) is 0 Å². The number of hydrogen-bond acceptors (Lipinski definition) is 4. The second-order valence-electron chi connectivity index (χ2n) is 2.51. The van der Waals surface area contributed by atoms with Crippen molar-refractivity contribution in [3.05, 3.63) is 16.7 Å². The van der Waals surface area contributed by atoms with Crippen LogP contribution in [0.15, 0.2) is 11.0 Å². The van der Waals surface area contributed by atoms with Crippen LogP contribution in [0.5, 0.6) is 0 Å². The summed E-state index contributed by atoms with van der Waals surface area (Å²) in [6.07, 6.45) is 1.54. The zero-order valence-electron chi connectivity index (χ0n) is 7.95. The minimum atomic E-state index is -0.396. The van der Waals surface area contributed by atoms with E-state index < -0.39 is 5.69 Å². The van der Waals surface area contributed by atoms with Gasteiger partial charge in [0.25, 0.3) is 0 Å². The van der Waals surface area contributed by atoms with Crippen molar-refractivity contribution in [1.29, 1.82) is 0 Å². The van der Waals surface area contributed by atoms with Gasteiger partial charge in [0, 0.05) is 0 Å². The molecule has 0 aliphatic carbocycles. The van der Waals surface area contributed by atoms with Crippen molar-refractivity contribution in [2.45, 2.75) is 12.2 Å². The van der Waals surface area contributed by atoms with Gasteiger partial charge >= 0.3 is 87.8 Å². The van der Waals surface area contributed by atoms with E-state index in [0.717, 1.165) is 23.0 Å². The fraction of sp³-hybridized carbons (Fsp3) is 0.500. The topological polar surface area (TPSA) is 81.0 Å². The van der Waals surface area contributed by atoms with Crippen LogP contribution in [0.2, 0.25) is 5.32 Å². The molecule has 3 N–H and O–H groups in total. The number of nitrogen functional groups attached to an aromatic ring is 1. The third-order valence-corrected chi connectivity index (χ3v) is 3.61. The van der Waals surface area contributed by atoms with Crippen LogP contribution >= 0.6 is 0 Å². The maximum absolute atomic E-state index is 10.8. The summed E-state index contributed by atoms with van der Waals surface area (Å²) >= 11 is 0.219. The minimum absolute atomic E-state index is 0.219. The molecule has 0 aliphatic rings.